The molecule has 0 atom stereocenters. The van der Waals surface area contributed by atoms with E-state index in [1.807, 2.05) is 54.9 Å². The number of nitrogens with zero attached hydrogens (tertiary/aromatic N) is 8. The van der Waals surface area contributed by atoms with Crippen LogP contribution in [0.2, 0.25) is 0 Å². The average molecular weight is 1200 g/mol. The average Bonchev–Trinajstić information content (AvgIpc) is 2.96. The molecular weight excluding hydrogens is 1130 g/mol. The Balaban J connectivity index is 0.716. The molecule has 442 valence electrons. The van der Waals surface area contributed by atoms with Crippen LogP contribution in [0.25, 0.3) is 65.9 Å². The smallest absolute Gasteiger partial charge is 0.267 e. The molecule has 4 aromatic carbocycles. The van der Waals surface area contributed by atoms with Crippen molar-refractivity contribution >= 4 is 91.5 Å². The molecule has 6 aromatic heterocycles. The van der Waals surface area contributed by atoms with Crippen molar-refractivity contribution in [1.82, 2.24) is 59.5 Å². The van der Waals surface area contributed by atoms with Crippen LogP contribution in [0.3, 0.4) is 0 Å². The maximum atomic E-state index is 13.6. The number of fused-ring (bicyclic) bond motifs is 4. The summed E-state index contributed by atoms with van der Waals surface area (Å²) in [6.07, 6.45) is 3.78. The van der Waals surface area contributed by atoms with Gasteiger partial charge in [0.05, 0.1) is 32.4 Å². The first kappa shape index (κ1) is 57.1. The molecule has 12 rings (SSSR count). The standard InChI is InChI=1S/C62H66N16O6S2/c1-73-16-20-75(21-17-73)55-11-9-39(33-67-55)36-8-10-45-40(24-36)28-50(69-45)60(80)66-13-15-78-57(64)44-30-52(82-4)54(32-48(44)72-62(78)86)84-35-42-25-41(34-68-58(42)76-22-18-74(2)19-23-76)37-6-7-38-27-49(70-46(38)26-37)59(79)65-12-14-77-56(63)43-29-51(81-3)53(83-5)31-47(43)71-61(77)85/h6-11,24-34,63-64,69-70H,12-23,35H2,1-5H3,(H,65,79)(H,66,80)(H,71,85)(H,72,86). The van der Waals surface area contributed by atoms with Gasteiger partial charge in [-0.3, -0.25) is 20.4 Å². The van der Waals surface area contributed by atoms with E-state index >= 15 is 0 Å². The number of likely N-dealkylation sites (N-methyl/N-ethyl adjacent to an activating group) is 2. The topological polar surface area (TPSA) is 255 Å². The molecule has 0 bridgehead atoms. The number of pyridine rings is 2. The van der Waals surface area contributed by atoms with E-state index in [0.717, 1.165) is 114 Å². The van der Waals surface area contributed by atoms with Crippen LogP contribution in [0.15, 0.2) is 103 Å². The van der Waals surface area contributed by atoms with Crippen molar-refractivity contribution in [1.29, 1.82) is 10.8 Å². The molecule has 0 unspecified atom stereocenters. The number of aromatic amines is 4. The highest BCUT2D eigenvalue weighted by atomic mass is 32.1. The van der Waals surface area contributed by atoms with Crippen molar-refractivity contribution in [2.24, 2.45) is 0 Å². The molecule has 2 aliphatic rings. The second-order valence-electron chi connectivity index (χ2n) is 21.6. The Hall–Kier alpha value is -9.36. The highest BCUT2D eigenvalue weighted by Crippen LogP contribution is 2.35. The van der Waals surface area contributed by atoms with Gasteiger partial charge < -0.3 is 78.3 Å². The van der Waals surface area contributed by atoms with Gasteiger partial charge in [0.2, 0.25) is 0 Å². The number of nitrogens with one attached hydrogen (secondary N) is 8. The van der Waals surface area contributed by atoms with E-state index in [1.165, 1.54) is 0 Å². The van der Waals surface area contributed by atoms with E-state index in [-0.39, 0.29) is 55.6 Å². The summed E-state index contributed by atoms with van der Waals surface area (Å²) in [4.78, 5) is 59.1. The number of methoxy groups -OCH3 is 3. The lowest BCUT2D eigenvalue weighted by molar-refractivity contribution is 0.0940. The molecule has 22 nitrogen and oxygen atoms in total. The predicted octanol–water partition coefficient (Wildman–Crippen LogP) is 7.73. The first-order chi connectivity index (χ1) is 41.7. The molecule has 2 saturated heterocycles. The number of benzene rings is 4. The van der Waals surface area contributed by atoms with Crippen LogP contribution in [-0.2, 0) is 19.7 Å². The quantitative estimate of drug-likeness (QED) is 0.0383. The number of H-pyrrole nitrogens is 4. The van der Waals surface area contributed by atoms with Crippen LogP contribution in [0.4, 0.5) is 11.6 Å². The summed E-state index contributed by atoms with van der Waals surface area (Å²) in [7, 11) is 8.91. The summed E-state index contributed by atoms with van der Waals surface area (Å²) in [5.74, 6) is 3.12. The maximum Gasteiger partial charge on any atom is 0.267 e. The molecule has 24 heteroatoms. The number of amides is 2. The van der Waals surface area contributed by atoms with Crippen molar-refractivity contribution in [2.45, 2.75) is 19.7 Å². The zero-order valence-electron chi connectivity index (χ0n) is 48.4. The number of hydrogen-bond acceptors (Lipinski definition) is 16. The van der Waals surface area contributed by atoms with Crippen LogP contribution in [0.1, 0.15) is 26.5 Å². The summed E-state index contributed by atoms with van der Waals surface area (Å²) in [6, 6.07) is 29.0. The Morgan fingerprint density at radius 1 is 0.535 bits per heavy atom. The number of piperazine rings is 2. The van der Waals surface area contributed by atoms with Gasteiger partial charge in [-0.2, -0.15) is 0 Å². The number of carbonyl (C=O) groups excluding carboxylic acids is 2. The highest BCUT2D eigenvalue weighted by Gasteiger charge is 2.22. The fourth-order valence-corrected chi connectivity index (χ4v) is 11.8. The van der Waals surface area contributed by atoms with Crippen LogP contribution in [-0.4, -0.2) is 162 Å². The van der Waals surface area contributed by atoms with Gasteiger partial charge in [-0.1, -0.05) is 18.2 Å². The SMILES string of the molecule is COc1cc2[nH]c(=S)n(CCNC(=O)c3cc4ccc(-c5cnc(N6CCN(C)CC6)c(COc6cc7[nH]c(=S)n(CCNC(=O)c8cc9cc(-c%10ccc(N%11CCN(C)CC%11)nc%10)ccc9[nH]8)c(=N)c7cc6OC)c5)cc4[nH]3)c(=N)c2cc1OC. The number of ether oxygens (including phenoxy) is 4. The molecule has 0 spiro atoms. The zero-order chi connectivity index (χ0) is 59.8. The second kappa shape index (κ2) is 24.3. The van der Waals surface area contributed by atoms with Gasteiger partial charge in [-0.25, -0.2) is 9.97 Å². The minimum absolute atomic E-state index is 0.147. The summed E-state index contributed by atoms with van der Waals surface area (Å²) >= 11 is 11.4. The Kier molecular flexibility index (Phi) is 16.1. The van der Waals surface area contributed by atoms with Gasteiger partial charge in [0.25, 0.3) is 11.8 Å². The third-order valence-electron chi connectivity index (χ3n) is 16.2. The third kappa shape index (κ3) is 11.6. The van der Waals surface area contributed by atoms with Crippen molar-refractivity contribution in [3.63, 3.8) is 0 Å². The van der Waals surface area contributed by atoms with Gasteiger partial charge in [-0.05, 0) is 110 Å². The third-order valence-corrected chi connectivity index (χ3v) is 16.8. The van der Waals surface area contributed by atoms with Gasteiger partial charge in [0, 0.05) is 152 Å². The van der Waals surface area contributed by atoms with Gasteiger partial charge >= 0.3 is 0 Å². The first-order valence-electron chi connectivity index (χ1n) is 28.3. The highest BCUT2D eigenvalue weighted by molar-refractivity contribution is 7.71. The maximum absolute atomic E-state index is 13.6. The van der Waals surface area contributed by atoms with Crippen molar-refractivity contribution < 1.29 is 28.5 Å². The Labute approximate surface area is 504 Å². The zero-order valence-corrected chi connectivity index (χ0v) is 50.0. The molecule has 8 N–H and O–H groups in total. The van der Waals surface area contributed by atoms with E-state index in [1.54, 1.807) is 54.7 Å². The second-order valence-corrected chi connectivity index (χ2v) is 22.4. The number of carbonyl (C=O) groups is 2. The molecule has 0 aliphatic carbocycles. The van der Waals surface area contributed by atoms with Gasteiger partial charge in [0.15, 0.2) is 32.5 Å². The van der Waals surface area contributed by atoms with Gasteiger partial charge in [-0.15, -0.1) is 0 Å². The van der Waals surface area contributed by atoms with Crippen LogP contribution < -0.4 is 50.4 Å². The molecule has 8 heterocycles. The monoisotopic (exact) mass is 1190 g/mol. The lowest BCUT2D eigenvalue weighted by atomic mass is 10.0. The molecular formula is C62H66N16O6S2. The van der Waals surface area contributed by atoms with Gasteiger partial charge in [0.1, 0.15) is 40.6 Å². The molecule has 0 saturated carbocycles. The number of rotatable bonds is 18. The van der Waals surface area contributed by atoms with Crippen molar-refractivity contribution in [2.75, 3.05) is 111 Å². The summed E-state index contributed by atoms with van der Waals surface area (Å²) in [5.41, 5.74) is 8.62. The van der Waals surface area contributed by atoms with Crippen LogP contribution in [0.5, 0.6) is 23.0 Å². The minimum atomic E-state index is -0.298. The molecule has 10 aromatic rings. The number of aromatic nitrogens is 8. The Bertz CT molecular complexity index is 4490. The fraction of sp³-hybridized carbons (Fsp3) is 0.290. The van der Waals surface area contributed by atoms with E-state index in [2.05, 4.69) is 88.5 Å². The molecule has 2 amide bonds. The first-order valence-corrected chi connectivity index (χ1v) is 29.1. The molecule has 0 radical (unpaired) electrons. The summed E-state index contributed by atoms with van der Waals surface area (Å²) in [5, 5.41) is 27.1. The number of anilines is 2. The summed E-state index contributed by atoms with van der Waals surface area (Å²) in [6.45, 7) is 8.37. The predicted molar refractivity (Wildman–Crippen MR) is 337 cm³/mol. The van der Waals surface area contributed by atoms with Crippen LogP contribution >= 0.6 is 24.4 Å². The Morgan fingerprint density at radius 3 is 1.66 bits per heavy atom. The van der Waals surface area contributed by atoms with Crippen LogP contribution in [0, 0.1) is 20.4 Å². The lowest BCUT2D eigenvalue weighted by Crippen LogP contribution is -2.45. The number of hydrogen-bond donors (Lipinski definition) is 8. The van der Waals surface area contributed by atoms with E-state index in [4.69, 9.17) is 58.8 Å². The molecule has 2 fully saturated rings. The van der Waals surface area contributed by atoms with E-state index in [9.17, 15) is 15.0 Å². The molecule has 2 aliphatic heterocycles. The van der Waals surface area contributed by atoms with E-state index in [0.29, 0.717) is 65.7 Å². The summed E-state index contributed by atoms with van der Waals surface area (Å²) < 4.78 is 27.3. The normalized spacial score (nSPS) is 14.1. The molecule has 86 heavy (non-hydrogen) atoms. The largest absolute Gasteiger partial charge is 0.493 e. The van der Waals surface area contributed by atoms with Crippen molar-refractivity contribution in [3.8, 4) is 45.3 Å². The van der Waals surface area contributed by atoms with E-state index < -0.39 is 0 Å². The lowest BCUT2D eigenvalue weighted by Gasteiger charge is -2.34. The Morgan fingerprint density at radius 2 is 1.06 bits per heavy atom. The minimum Gasteiger partial charge on any atom is -0.493 e. The van der Waals surface area contributed by atoms with Crippen molar-refractivity contribution in [3.05, 3.63) is 141 Å². The fourth-order valence-electron chi connectivity index (χ4n) is 11.2.